The van der Waals surface area contributed by atoms with E-state index in [2.05, 4.69) is 10.8 Å². The third-order valence-electron chi connectivity index (χ3n) is 6.98. The number of hydrogen-bond acceptors (Lipinski definition) is 7. The molecule has 2 fully saturated rings. The van der Waals surface area contributed by atoms with E-state index in [0.717, 1.165) is 31.2 Å². The third kappa shape index (κ3) is 5.44. The van der Waals surface area contributed by atoms with Gasteiger partial charge in [-0.2, -0.15) is 5.48 Å². The lowest BCUT2D eigenvalue weighted by atomic mass is 10.0. The lowest BCUT2D eigenvalue weighted by Crippen LogP contribution is -2.35. The number of hydrogen-bond donors (Lipinski definition) is 2. The molecule has 0 aromatic heterocycles. The fourth-order valence-corrected chi connectivity index (χ4v) is 4.62. The molecule has 5 rings (SSSR count). The van der Waals surface area contributed by atoms with Crippen LogP contribution < -0.4 is 20.3 Å². The van der Waals surface area contributed by atoms with Crippen LogP contribution in [-0.2, 0) is 25.8 Å². The minimum absolute atomic E-state index is 0.00968. The summed E-state index contributed by atoms with van der Waals surface area (Å²) in [6, 6.07) is 9.93. The first kappa shape index (κ1) is 25.6. The van der Waals surface area contributed by atoms with Gasteiger partial charge in [-0.25, -0.2) is 4.79 Å². The fraction of sp³-hybridized carbons (Fsp3) is 0.429. The number of carbonyl (C=O) groups excluding carboxylic acids is 4. The van der Waals surface area contributed by atoms with Crippen LogP contribution in [0.15, 0.2) is 36.4 Å². The zero-order valence-electron chi connectivity index (χ0n) is 21.5. The van der Waals surface area contributed by atoms with Crippen molar-refractivity contribution in [3.05, 3.63) is 53.1 Å². The molecule has 1 unspecified atom stereocenters. The molecular formula is C28H31N3O7. The first-order valence-electron chi connectivity index (χ1n) is 12.9. The number of carbonyl (C=O) groups is 4. The van der Waals surface area contributed by atoms with Crippen molar-refractivity contribution in [1.29, 1.82) is 0 Å². The van der Waals surface area contributed by atoms with Crippen LogP contribution in [0.2, 0.25) is 0 Å². The van der Waals surface area contributed by atoms with Gasteiger partial charge in [-0.3, -0.25) is 14.4 Å². The van der Waals surface area contributed by atoms with Gasteiger partial charge in [0.25, 0.3) is 11.8 Å². The van der Waals surface area contributed by atoms with Crippen molar-refractivity contribution in [3.63, 3.8) is 0 Å². The lowest BCUT2D eigenvalue weighted by Gasteiger charge is -2.28. The maximum Gasteiger partial charge on any atom is 0.335 e. The van der Waals surface area contributed by atoms with Gasteiger partial charge in [0.15, 0.2) is 11.5 Å². The zero-order chi connectivity index (χ0) is 26.8. The summed E-state index contributed by atoms with van der Waals surface area (Å²) in [4.78, 5) is 57.6. The van der Waals surface area contributed by atoms with E-state index in [1.807, 2.05) is 13.0 Å². The Kier molecular flexibility index (Phi) is 7.22. The van der Waals surface area contributed by atoms with Crippen LogP contribution >= 0.6 is 0 Å². The Hall–Kier alpha value is -4.08. The number of rotatable bonds is 10. The molecule has 2 aromatic carbocycles. The van der Waals surface area contributed by atoms with Crippen molar-refractivity contribution in [2.45, 2.75) is 51.6 Å². The molecule has 2 N–H and O–H groups in total. The lowest BCUT2D eigenvalue weighted by molar-refractivity contribution is -0.159. The van der Waals surface area contributed by atoms with E-state index in [0.29, 0.717) is 34.9 Å². The molecule has 0 bridgehead atoms. The summed E-state index contributed by atoms with van der Waals surface area (Å²) in [5.41, 5.74) is 4.55. The van der Waals surface area contributed by atoms with Gasteiger partial charge in [-0.1, -0.05) is 18.2 Å². The molecular weight excluding hydrogens is 490 g/mol. The molecule has 0 radical (unpaired) electrons. The van der Waals surface area contributed by atoms with Gasteiger partial charge in [0.2, 0.25) is 5.91 Å². The number of ether oxygens (including phenoxy) is 2. The molecule has 3 aliphatic rings. The first-order valence-corrected chi connectivity index (χ1v) is 12.9. The molecule has 2 saturated carbocycles. The van der Waals surface area contributed by atoms with E-state index in [9.17, 15) is 19.2 Å². The molecule has 0 saturated heterocycles. The number of amides is 3. The summed E-state index contributed by atoms with van der Waals surface area (Å²) in [5, 5.41) is 2.91. The zero-order valence-corrected chi connectivity index (χ0v) is 21.5. The molecule has 1 heterocycles. The van der Waals surface area contributed by atoms with Crippen LogP contribution in [0.3, 0.4) is 0 Å². The smallest absolute Gasteiger partial charge is 0.335 e. The molecule has 3 amide bonds. The van der Waals surface area contributed by atoms with E-state index in [4.69, 9.17) is 14.3 Å². The van der Waals surface area contributed by atoms with Crippen molar-refractivity contribution in [1.82, 2.24) is 10.4 Å². The molecule has 0 spiro atoms. The summed E-state index contributed by atoms with van der Waals surface area (Å²) in [6.45, 7) is 2.50. The van der Waals surface area contributed by atoms with E-state index in [1.54, 1.807) is 35.2 Å². The van der Waals surface area contributed by atoms with Crippen LogP contribution in [-0.4, -0.2) is 42.3 Å². The largest absolute Gasteiger partial charge is 0.493 e. The van der Waals surface area contributed by atoms with Gasteiger partial charge in [-0.05, 0) is 61.9 Å². The molecule has 2 aliphatic carbocycles. The number of benzene rings is 2. The topological polar surface area (TPSA) is 123 Å². The van der Waals surface area contributed by atoms with Crippen LogP contribution in [0.1, 0.15) is 66.6 Å². The predicted octanol–water partition coefficient (Wildman–Crippen LogP) is 3.51. The molecule has 1 atom stereocenters. The SMILES string of the molecule is CCOc1cc(C(CC(=O)NOC(=O)C2CC2)N2Cc3cccc(NC(=O)C4CC4)c3C2=O)ccc1OC. The summed E-state index contributed by atoms with van der Waals surface area (Å²) in [5.74, 6) is -0.548. The highest BCUT2D eigenvalue weighted by molar-refractivity contribution is 6.07. The summed E-state index contributed by atoms with van der Waals surface area (Å²) in [7, 11) is 1.54. The Morgan fingerprint density at radius 3 is 2.50 bits per heavy atom. The van der Waals surface area contributed by atoms with E-state index >= 15 is 0 Å². The minimum Gasteiger partial charge on any atom is -0.493 e. The first-order chi connectivity index (χ1) is 18.4. The molecule has 200 valence electrons. The van der Waals surface area contributed by atoms with E-state index in [1.165, 1.54) is 7.11 Å². The maximum absolute atomic E-state index is 13.8. The molecule has 38 heavy (non-hydrogen) atoms. The molecule has 1 aliphatic heterocycles. The summed E-state index contributed by atoms with van der Waals surface area (Å²) in [6.07, 6.45) is 3.05. The summed E-state index contributed by atoms with van der Waals surface area (Å²) >= 11 is 0. The quantitative estimate of drug-likeness (QED) is 0.459. The Morgan fingerprint density at radius 2 is 1.82 bits per heavy atom. The fourth-order valence-electron chi connectivity index (χ4n) is 4.62. The Morgan fingerprint density at radius 1 is 1.05 bits per heavy atom. The average Bonchev–Trinajstić information content (AvgIpc) is 3.83. The second-order valence-electron chi connectivity index (χ2n) is 9.82. The second-order valence-corrected chi connectivity index (χ2v) is 9.82. The van der Waals surface area contributed by atoms with Gasteiger partial charge < -0.3 is 24.5 Å². The second kappa shape index (κ2) is 10.7. The molecule has 10 nitrogen and oxygen atoms in total. The minimum atomic E-state index is -0.702. The summed E-state index contributed by atoms with van der Waals surface area (Å²) < 4.78 is 11.1. The maximum atomic E-state index is 13.8. The van der Waals surface area contributed by atoms with Crippen molar-refractivity contribution in [2.75, 3.05) is 19.0 Å². The predicted molar refractivity (Wildman–Crippen MR) is 136 cm³/mol. The van der Waals surface area contributed by atoms with Crippen LogP contribution in [0.25, 0.3) is 0 Å². The monoisotopic (exact) mass is 521 g/mol. The van der Waals surface area contributed by atoms with Gasteiger partial charge >= 0.3 is 5.97 Å². The average molecular weight is 522 g/mol. The molecule has 10 heteroatoms. The highest BCUT2D eigenvalue weighted by Crippen LogP contribution is 2.40. The Bertz CT molecular complexity index is 1270. The number of nitrogens with zero attached hydrogens (tertiary/aromatic N) is 1. The number of nitrogens with one attached hydrogen (secondary N) is 2. The normalized spacial score (nSPS) is 16.9. The number of anilines is 1. The van der Waals surface area contributed by atoms with Crippen LogP contribution in [0, 0.1) is 11.8 Å². The van der Waals surface area contributed by atoms with Crippen LogP contribution in [0.4, 0.5) is 5.69 Å². The van der Waals surface area contributed by atoms with Crippen LogP contribution in [0.5, 0.6) is 11.5 Å². The van der Waals surface area contributed by atoms with Gasteiger partial charge in [-0.15, -0.1) is 0 Å². The highest BCUT2D eigenvalue weighted by atomic mass is 16.7. The Balaban J connectivity index is 1.42. The highest BCUT2D eigenvalue weighted by Gasteiger charge is 2.38. The number of methoxy groups -OCH3 is 1. The van der Waals surface area contributed by atoms with Gasteiger partial charge in [0.05, 0.1) is 43.3 Å². The van der Waals surface area contributed by atoms with Crippen molar-refractivity contribution >= 4 is 29.4 Å². The van der Waals surface area contributed by atoms with Crippen molar-refractivity contribution < 1.29 is 33.5 Å². The standard InChI is InChI=1S/C28H31N3O7/c1-3-37-23-13-18(11-12-22(23)36-2)21(14-24(32)30-38-28(35)17-9-10-17)31-15-19-5-4-6-20(25(19)27(31)34)29-26(33)16-7-8-16/h4-6,11-13,16-17,21H,3,7-10,14-15H2,1-2H3,(H,29,33)(H,30,32). The van der Waals surface area contributed by atoms with E-state index < -0.39 is 17.9 Å². The third-order valence-corrected chi connectivity index (χ3v) is 6.98. The molecule has 2 aromatic rings. The van der Waals surface area contributed by atoms with Crippen molar-refractivity contribution in [3.8, 4) is 11.5 Å². The number of hydroxylamine groups is 1. The number of fused-ring (bicyclic) bond motifs is 1. The Labute approximate surface area is 220 Å². The van der Waals surface area contributed by atoms with Gasteiger partial charge in [0, 0.05) is 12.5 Å². The van der Waals surface area contributed by atoms with Crippen molar-refractivity contribution in [2.24, 2.45) is 11.8 Å². The van der Waals surface area contributed by atoms with E-state index in [-0.39, 0.29) is 36.6 Å². The van der Waals surface area contributed by atoms with Gasteiger partial charge in [0.1, 0.15) is 0 Å².